The highest BCUT2D eigenvalue weighted by Crippen LogP contribution is 2.48. The van der Waals surface area contributed by atoms with Gasteiger partial charge in [0.05, 0.1) is 17.5 Å². The van der Waals surface area contributed by atoms with Crippen LogP contribution in [0.25, 0.3) is 11.0 Å². The second-order valence-corrected chi connectivity index (χ2v) is 8.08. The van der Waals surface area contributed by atoms with Gasteiger partial charge in [0.2, 0.25) is 0 Å². The van der Waals surface area contributed by atoms with E-state index in [1.54, 1.807) is 0 Å². The van der Waals surface area contributed by atoms with Crippen molar-refractivity contribution in [1.82, 2.24) is 14.5 Å². The number of aliphatic hydroxyl groups excluding tert-OH is 1. The van der Waals surface area contributed by atoms with Crippen molar-refractivity contribution in [2.75, 3.05) is 6.61 Å². The number of hydrogen-bond acceptors (Lipinski definition) is 5. The van der Waals surface area contributed by atoms with Crippen LogP contribution in [0, 0.1) is 9.49 Å². The van der Waals surface area contributed by atoms with E-state index in [0.717, 1.165) is 21.0 Å². The third-order valence-corrected chi connectivity index (χ3v) is 5.76. The largest absolute Gasteiger partial charge is 0.396 e. The lowest BCUT2D eigenvalue weighted by Gasteiger charge is -2.24. The zero-order valence-electron chi connectivity index (χ0n) is 12.7. The maximum Gasteiger partial charge on any atom is 0.163 e. The van der Waals surface area contributed by atoms with Gasteiger partial charge in [-0.25, -0.2) is 9.97 Å². The van der Waals surface area contributed by atoms with Gasteiger partial charge in [-0.05, 0) is 42.9 Å². The van der Waals surface area contributed by atoms with E-state index in [0.29, 0.717) is 5.15 Å². The van der Waals surface area contributed by atoms with Gasteiger partial charge < -0.3 is 19.1 Å². The zero-order valence-corrected chi connectivity index (χ0v) is 15.7. The number of aliphatic hydroxyl groups is 1. The van der Waals surface area contributed by atoms with Gasteiger partial charge in [0, 0.05) is 22.3 Å². The normalized spacial score (nSPS) is 32.6. The fourth-order valence-corrected chi connectivity index (χ4v) is 4.95. The van der Waals surface area contributed by atoms with E-state index in [1.165, 1.54) is 6.33 Å². The van der Waals surface area contributed by atoms with Crippen LogP contribution in [0.4, 0.5) is 0 Å². The van der Waals surface area contributed by atoms with Crippen molar-refractivity contribution in [3.8, 4) is 0 Å². The fraction of sp³-hybridized carbons (Fsp3) is 0.600. The van der Waals surface area contributed by atoms with E-state index in [-0.39, 0.29) is 30.8 Å². The second-order valence-electron chi connectivity index (χ2n) is 6.56. The van der Waals surface area contributed by atoms with Crippen molar-refractivity contribution < 1.29 is 14.6 Å². The van der Waals surface area contributed by atoms with Crippen LogP contribution < -0.4 is 0 Å². The van der Waals surface area contributed by atoms with Gasteiger partial charge >= 0.3 is 0 Å². The Morgan fingerprint density at radius 3 is 2.87 bits per heavy atom. The van der Waals surface area contributed by atoms with Gasteiger partial charge in [-0.15, -0.1) is 0 Å². The summed E-state index contributed by atoms with van der Waals surface area (Å²) in [7, 11) is 0. The van der Waals surface area contributed by atoms with Crippen LogP contribution in [-0.2, 0) is 9.47 Å². The van der Waals surface area contributed by atoms with Gasteiger partial charge in [-0.3, -0.25) is 0 Å². The molecule has 2 aromatic heterocycles. The van der Waals surface area contributed by atoms with Crippen LogP contribution in [-0.4, -0.2) is 44.2 Å². The summed E-state index contributed by atoms with van der Waals surface area (Å²) < 4.78 is 15.2. The molecule has 124 valence electrons. The van der Waals surface area contributed by atoms with Crippen LogP contribution in [0.3, 0.4) is 0 Å². The average Bonchev–Trinajstić information content (AvgIpc) is 3.08. The van der Waals surface area contributed by atoms with Crippen LogP contribution in [0.2, 0.25) is 5.15 Å². The fourth-order valence-electron chi connectivity index (χ4n) is 3.77. The molecular weight excluding hydrogens is 433 g/mol. The molecule has 6 nitrogen and oxygen atoms in total. The Labute approximate surface area is 152 Å². The topological polar surface area (TPSA) is 69.4 Å². The van der Waals surface area contributed by atoms with Gasteiger partial charge in [-0.2, -0.15) is 0 Å². The number of nitrogens with zero attached hydrogens (tertiary/aromatic N) is 3. The van der Waals surface area contributed by atoms with Crippen LogP contribution >= 0.6 is 34.2 Å². The molecule has 2 aliphatic rings. The van der Waals surface area contributed by atoms with E-state index in [2.05, 4.69) is 37.1 Å². The van der Waals surface area contributed by atoms with Crippen molar-refractivity contribution in [2.24, 2.45) is 5.92 Å². The molecule has 0 bridgehead atoms. The van der Waals surface area contributed by atoms with E-state index >= 15 is 0 Å². The second kappa shape index (κ2) is 5.52. The molecular formula is C15H17ClIN3O3. The summed E-state index contributed by atoms with van der Waals surface area (Å²) in [6.07, 6.45) is 4.07. The summed E-state index contributed by atoms with van der Waals surface area (Å²) in [6.45, 7) is 3.91. The molecule has 0 unspecified atom stereocenters. The highest BCUT2D eigenvalue weighted by Gasteiger charge is 2.54. The lowest BCUT2D eigenvalue weighted by atomic mass is 10.1. The van der Waals surface area contributed by atoms with Gasteiger partial charge in [0.25, 0.3) is 0 Å². The summed E-state index contributed by atoms with van der Waals surface area (Å²) in [5, 5.41) is 11.0. The van der Waals surface area contributed by atoms with Crippen LogP contribution in [0.1, 0.15) is 26.3 Å². The van der Waals surface area contributed by atoms with Crippen molar-refractivity contribution in [2.45, 2.75) is 44.3 Å². The number of fused-ring (bicyclic) bond motifs is 2. The first-order valence-electron chi connectivity index (χ1n) is 7.54. The van der Waals surface area contributed by atoms with Crippen LogP contribution in [0.15, 0.2) is 12.5 Å². The number of ether oxygens (including phenoxy) is 2. The zero-order chi connectivity index (χ0) is 16.4. The smallest absolute Gasteiger partial charge is 0.163 e. The summed E-state index contributed by atoms with van der Waals surface area (Å²) in [5.41, 5.74) is 0.796. The summed E-state index contributed by atoms with van der Waals surface area (Å²) in [4.78, 5) is 8.48. The minimum Gasteiger partial charge on any atom is -0.396 e. The van der Waals surface area contributed by atoms with E-state index in [1.807, 2.05) is 20.0 Å². The molecule has 1 N–H and O–H groups in total. The third kappa shape index (κ3) is 2.48. The molecule has 1 saturated heterocycles. The molecule has 2 fully saturated rings. The molecule has 0 radical (unpaired) electrons. The number of halogens is 2. The molecule has 2 aromatic rings. The number of hydrogen-bond donors (Lipinski definition) is 1. The number of aromatic nitrogens is 3. The minimum absolute atomic E-state index is 0.0518. The average molecular weight is 450 g/mol. The molecule has 0 spiro atoms. The first-order chi connectivity index (χ1) is 10.9. The van der Waals surface area contributed by atoms with Gasteiger partial charge in [-0.1, -0.05) is 11.6 Å². The molecule has 1 saturated carbocycles. The highest BCUT2D eigenvalue weighted by atomic mass is 127. The standard InChI is InChI=1S/C15H17ClIN3O3/c1-15(2)22-11-7(5-21)3-9(12(11)23-15)20-4-8(17)10-13(16)18-6-19-14(10)20/h4,6-7,9,11-12,21H,3,5H2,1-2H3/t7-,9-,11-,12+/m1/s1. The van der Waals surface area contributed by atoms with E-state index in [4.69, 9.17) is 21.1 Å². The Hall–Kier alpha value is -0.480. The Balaban J connectivity index is 1.81. The molecule has 1 aliphatic heterocycles. The Kier molecular flexibility index (Phi) is 3.84. The van der Waals surface area contributed by atoms with Gasteiger partial charge in [0.1, 0.15) is 23.2 Å². The van der Waals surface area contributed by atoms with Crippen molar-refractivity contribution in [3.63, 3.8) is 0 Å². The monoisotopic (exact) mass is 449 g/mol. The van der Waals surface area contributed by atoms with Crippen LogP contribution in [0.5, 0.6) is 0 Å². The summed E-state index contributed by atoms with van der Waals surface area (Å²) in [6, 6.07) is 0.0518. The minimum atomic E-state index is -0.635. The summed E-state index contributed by atoms with van der Waals surface area (Å²) in [5.74, 6) is -0.580. The lowest BCUT2D eigenvalue weighted by Crippen LogP contribution is -2.27. The SMILES string of the molecule is CC1(C)O[C@@H]2[C@@H](CO)C[C@@H](n3cc(I)c4c(Cl)ncnc43)[C@@H]2O1. The first-order valence-corrected chi connectivity index (χ1v) is 9.00. The maximum atomic E-state index is 9.72. The summed E-state index contributed by atoms with van der Waals surface area (Å²) >= 11 is 8.48. The van der Waals surface area contributed by atoms with Gasteiger partial charge in [0.15, 0.2) is 5.79 Å². The third-order valence-electron chi connectivity index (χ3n) is 4.66. The first kappa shape index (κ1) is 16.0. The molecule has 3 heterocycles. The Bertz CT molecular complexity index is 766. The Morgan fingerprint density at radius 2 is 2.13 bits per heavy atom. The molecule has 4 atom stereocenters. The van der Waals surface area contributed by atoms with Crippen molar-refractivity contribution in [3.05, 3.63) is 21.2 Å². The molecule has 23 heavy (non-hydrogen) atoms. The quantitative estimate of drug-likeness (QED) is 0.564. The molecule has 4 rings (SSSR count). The lowest BCUT2D eigenvalue weighted by molar-refractivity contribution is -0.161. The van der Waals surface area contributed by atoms with Crippen molar-refractivity contribution in [1.29, 1.82) is 0 Å². The molecule has 0 aromatic carbocycles. The van der Waals surface area contributed by atoms with E-state index in [9.17, 15) is 5.11 Å². The predicted molar refractivity (Wildman–Crippen MR) is 93.3 cm³/mol. The highest BCUT2D eigenvalue weighted by molar-refractivity contribution is 14.1. The molecule has 0 amide bonds. The maximum absolute atomic E-state index is 9.72. The Morgan fingerprint density at radius 1 is 1.39 bits per heavy atom. The predicted octanol–water partition coefficient (Wildman–Crippen LogP) is 2.76. The van der Waals surface area contributed by atoms with E-state index < -0.39 is 5.79 Å². The molecule has 1 aliphatic carbocycles. The molecule has 8 heteroatoms. The van der Waals surface area contributed by atoms with Crippen molar-refractivity contribution >= 4 is 45.2 Å². The number of rotatable bonds is 2.